The molecule has 0 rings (SSSR count). The minimum Gasteiger partial charge on any atom is -0.462 e. The van der Waals surface area contributed by atoms with E-state index < -0.39 is 6.10 Å². The molecule has 1 atom stereocenters. The van der Waals surface area contributed by atoms with Crippen LogP contribution in [-0.2, 0) is 28.6 Å². The van der Waals surface area contributed by atoms with Crippen molar-refractivity contribution < 1.29 is 28.6 Å². The lowest BCUT2D eigenvalue weighted by molar-refractivity contribution is -0.167. The van der Waals surface area contributed by atoms with Crippen LogP contribution in [0.25, 0.3) is 0 Å². The van der Waals surface area contributed by atoms with E-state index in [-0.39, 0.29) is 44.0 Å². The highest BCUT2D eigenvalue weighted by atomic mass is 16.6. The summed E-state index contributed by atoms with van der Waals surface area (Å²) in [6.45, 7) is 6.31. The lowest BCUT2D eigenvalue weighted by Crippen LogP contribution is -2.30. The van der Waals surface area contributed by atoms with Gasteiger partial charge < -0.3 is 14.2 Å². The zero-order chi connectivity index (χ0) is 56.4. The van der Waals surface area contributed by atoms with Crippen molar-refractivity contribution in [3.8, 4) is 0 Å². The maximum atomic E-state index is 12.9. The van der Waals surface area contributed by atoms with E-state index in [0.29, 0.717) is 12.8 Å². The van der Waals surface area contributed by atoms with Gasteiger partial charge in [0.2, 0.25) is 0 Å². The minimum absolute atomic E-state index is 0.118. The molecule has 0 aromatic rings. The zero-order valence-corrected chi connectivity index (χ0v) is 49.9. The molecule has 0 aromatic carbocycles. The molecular weight excluding hydrogens is 961 g/mol. The summed E-state index contributed by atoms with van der Waals surface area (Å²) in [6, 6.07) is 0. The average molecular weight is 1070 g/mol. The smallest absolute Gasteiger partial charge is 0.306 e. The maximum Gasteiger partial charge on any atom is 0.306 e. The van der Waals surface area contributed by atoms with Gasteiger partial charge >= 0.3 is 17.9 Å². The van der Waals surface area contributed by atoms with Crippen LogP contribution in [0.15, 0.2) is 170 Å². The van der Waals surface area contributed by atoms with Gasteiger partial charge in [-0.25, -0.2) is 0 Å². The fourth-order valence-electron chi connectivity index (χ4n) is 7.84. The van der Waals surface area contributed by atoms with Gasteiger partial charge in [0.1, 0.15) is 13.2 Å². The predicted molar refractivity (Wildman–Crippen MR) is 338 cm³/mol. The van der Waals surface area contributed by atoms with E-state index in [9.17, 15) is 14.4 Å². The topological polar surface area (TPSA) is 78.9 Å². The lowest BCUT2D eigenvalue weighted by Gasteiger charge is -2.18. The lowest BCUT2D eigenvalue weighted by atomic mass is 10.1. The van der Waals surface area contributed by atoms with E-state index in [0.717, 1.165) is 167 Å². The van der Waals surface area contributed by atoms with Crippen LogP contribution in [0, 0.1) is 0 Å². The van der Waals surface area contributed by atoms with E-state index in [1.54, 1.807) is 0 Å². The second-order valence-electron chi connectivity index (χ2n) is 19.8. The van der Waals surface area contributed by atoms with Crippen molar-refractivity contribution in [1.29, 1.82) is 0 Å². The zero-order valence-electron chi connectivity index (χ0n) is 49.9. The quantitative estimate of drug-likeness (QED) is 0.0261. The van der Waals surface area contributed by atoms with E-state index in [4.69, 9.17) is 14.2 Å². The van der Waals surface area contributed by atoms with Crippen LogP contribution in [0.2, 0.25) is 0 Å². The minimum atomic E-state index is -0.826. The van der Waals surface area contributed by atoms with Crippen molar-refractivity contribution in [3.05, 3.63) is 170 Å². The third kappa shape index (κ3) is 61.6. The monoisotopic (exact) mass is 1070 g/mol. The number of hydrogen-bond acceptors (Lipinski definition) is 6. The Bertz CT molecular complexity index is 1810. The van der Waals surface area contributed by atoms with Crippen molar-refractivity contribution in [3.63, 3.8) is 0 Å². The normalized spacial score (nSPS) is 13.3. The number of carbonyl (C=O) groups excluding carboxylic acids is 3. The Morgan fingerprint density at radius 1 is 0.269 bits per heavy atom. The second kappa shape index (κ2) is 64.3. The van der Waals surface area contributed by atoms with E-state index in [1.165, 1.54) is 32.1 Å². The molecule has 6 heteroatoms. The Hall–Kier alpha value is -5.23. The third-order valence-corrected chi connectivity index (χ3v) is 12.4. The molecule has 0 spiro atoms. The van der Waals surface area contributed by atoms with Crippen molar-refractivity contribution >= 4 is 17.9 Å². The summed E-state index contributed by atoms with van der Waals surface area (Å²) in [4.78, 5) is 38.2. The van der Waals surface area contributed by atoms with Gasteiger partial charge in [0.25, 0.3) is 0 Å². The molecule has 0 saturated carbocycles. The molecule has 0 radical (unpaired) electrons. The van der Waals surface area contributed by atoms with Gasteiger partial charge in [0.15, 0.2) is 6.10 Å². The number of allylic oxidation sites excluding steroid dienone is 28. The van der Waals surface area contributed by atoms with Gasteiger partial charge in [-0.2, -0.15) is 0 Å². The van der Waals surface area contributed by atoms with Crippen LogP contribution in [0.4, 0.5) is 0 Å². The first-order valence-corrected chi connectivity index (χ1v) is 31.1. The predicted octanol–water partition coefficient (Wildman–Crippen LogP) is 21.5. The standard InChI is InChI=1S/C72H112O6/c1-4-7-10-13-16-19-22-25-28-30-31-32-33-34-35-36-37-38-39-40-41-42-45-47-50-53-56-59-62-65-71(74)77-68-69(67-76-70(73)64-61-58-55-52-49-46-43-27-24-21-18-15-12-9-6-3)78-72(75)66-63-60-57-54-51-48-44-29-26-23-20-17-14-11-8-5-2/h7,9-10,12,16,18-21,23,25,27-29,31-32,34-35,37-38,40-41,43-45,47,53,56,69H,4-6,8,11,13-15,17,22,24,26,30,33,36,39,42,46,48-52,54-55,57-68H2,1-3H3/b10-7-,12-9-,19-16-,21-18-,23-20-,28-25-,32-31-,35-34-,38-37-,41-40-,43-27-,44-29-,47-45-,56-53-. The fourth-order valence-corrected chi connectivity index (χ4v) is 7.84. The number of ether oxygens (including phenoxy) is 3. The fraction of sp³-hybridized carbons (Fsp3) is 0.569. The molecule has 436 valence electrons. The van der Waals surface area contributed by atoms with E-state index >= 15 is 0 Å². The molecule has 0 bridgehead atoms. The molecule has 78 heavy (non-hydrogen) atoms. The first kappa shape index (κ1) is 72.8. The summed E-state index contributed by atoms with van der Waals surface area (Å²) < 4.78 is 16.8. The Kier molecular flexibility index (Phi) is 60.0. The number of esters is 3. The highest BCUT2D eigenvalue weighted by Gasteiger charge is 2.19. The number of rotatable bonds is 54. The van der Waals surface area contributed by atoms with Gasteiger partial charge in [-0.3, -0.25) is 14.4 Å². The van der Waals surface area contributed by atoms with E-state index in [1.807, 2.05) is 0 Å². The number of carbonyl (C=O) groups is 3. The molecule has 0 fully saturated rings. The van der Waals surface area contributed by atoms with Gasteiger partial charge in [0.05, 0.1) is 0 Å². The first-order chi connectivity index (χ1) is 38.5. The number of unbranched alkanes of at least 4 members (excludes halogenated alkanes) is 15. The van der Waals surface area contributed by atoms with Crippen molar-refractivity contribution in [2.24, 2.45) is 0 Å². The third-order valence-electron chi connectivity index (χ3n) is 12.4. The van der Waals surface area contributed by atoms with E-state index in [2.05, 4.69) is 191 Å². The molecule has 0 amide bonds. The SMILES string of the molecule is CC/C=C\C/C=C\C/C=C\C/C=C\C/C=C\C/C=C\C/C=C\C/C=C\C/C=C\CCCC(=O)OCC(COC(=O)CCCCCCC/C=C\C/C=C\C/C=C\CC)OC(=O)CCCCCCC/C=C\C/C=C\CCCCCC. The molecule has 6 nitrogen and oxygen atoms in total. The van der Waals surface area contributed by atoms with Gasteiger partial charge in [0, 0.05) is 19.3 Å². The molecular formula is C72H112O6. The van der Waals surface area contributed by atoms with Crippen LogP contribution in [0.5, 0.6) is 0 Å². The molecule has 0 heterocycles. The molecule has 0 aliphatic rings. The molecule has 0 aliphatic carbocycles. The summed E-state index contributed by atoms with van der Waals surface area (Å²) in [7, 11) is 0. The highest BCUT2D eigenvalue weighted by molar-refractivity contribution is 5.71. The van der Waals surface area contributed by atoms with Crippen molar-refractivity contribution in [2.75, 3.05) is 13.2 Å². The molecule has 0 saturated heterocycles. The average Bonchev–Trinajstić information content (AvgIpc) is 3.44. The Labute approximate surface area is 479 Å². The van der Waals surface area contributed by atoms with Crippen molar-refractivity contribution in [2.45, 2.75) is 252 Å². The Morgan fingerprint density at radius 3 is 0.833 bits per heavy atom. The Balaban J connectivity index is 4.51. The van der Waals surface area contributed by atoms with Crippen LogP contribution in [-0.4, -0.2) is 37.2 Å². The molecule has 0 N–H and O–H groups in total. The maximum absolute atomic E-state index is 12.9. The first-order valence-electron chi connectivity index (χ1n) is 31.1. The molecule has 1 unspecified atom stereocenters. The molecule has 0 aliphatic heterocycles. The Morgan fingerprint density at radius 2 is 0.513 bits per heavy atom. The summed E-state index contributed by atoms with van der Waals surface area (Å²) in [5.41, 5.74) is 0. The van der Waals surface area contributed by atoms with Gasteiger partial charge in [-0.05, 0) is 148 Å². The second-order valence-corrected chi connectivity index (χ2v) is 19.8. The largest absolute Gasteiger partial charge is 0.462 e. The summed E-state index contributed by atoms with van der Waals surface area (Å²) in [5, 5.41) is 0. The highest BCUT2D eigenvalue weighted by Crippen LogP contribution is 2.13. The van der Waals surface area contributed by atoms with Gasteiger partial charge in [-0.15, -0.1) is 0 Å². The van der Waals surface area contributed by atoms with Crippen LogP contribution >= 0.6 is 0 Å². The van der Waals surface area contributed by atoms with Crippen LogP contribution in [0.1, 0.15) is 245 Å². The summed E-state index contributed by atoms with van der Waals surface area (Å²) in [6.07, 6.45) is 95.0. The summed E-state index contributed by atoms with van der Waals surface area (Å²) >= 11 is 0. The number of hydrogen-bond donors (Lipinski definition) is 0. The molecule has 0 aromatic heterocycles. The van der Waals surface area contributed by atoms with Crippen LogP contribution < -0.4 is 0 Å². The van der Waals surface area contributed by atoms with Crippen molar-refractivity contribution in [1.82, 2.24) is 0 Å². The van der Waals surface area contributed by atoms with Gasteiger partial charge in [-0.1, -0.05) is 249 Å². The van der Waals surface area contributed by atoms with Crippen LogP contribution in [0.3, 0.4) is 0 Å². The summed E-state index contributed by atoms with van der Waals surface area (Å²) in [5.74, 6) is -1.02.